The molecule has 1 atom stereocenters. The lowest BCUT2D eigenvalue weighted by atomic mass is 9.99. The van der Waals surface area contributed by atoms with Crippen LogP contribution in [0.4, 0.5) is 8.78 Å². The molecule has 8 heteroatoms. The van der Waals surface area contributed by atoms with E-state index in [0.29, 0.717) is 28.7 Å². The minimum atomic E-state index is -0.918. The first-order chi connectivity index (χ1) is 15.4. The third-order valence-electron chi connectivity index (χ3n) is 5.25. The number of methoxy groups -OCH3 is 2. The number of carbonyl (C=O) groups is 1. The number of nitrogens with one attached hydrogen (secondary N) is 1. The van der Waals surface area contributed by atoms with E-state index in [1.54, 1.807) is 26.4 Å². The van der Waals surface area contributed by atoms with Gasteiger partial charge in [-0.2, -0.15) is 0 Å². The molecule has 0 radical (unpaired) electrons. The summed E-state index contributed by atoms with van der Waals surface area (Å²) in [7, 11) is 3.17. The van der Waals surface area contributed by atoms with Gasteiger partial charge in [0.1, 0.15) is 40.6 Å². The summed E-state index contributed by atoms with van der Waals surface area (Å²) >= 11 is 6.48. The zero-order chi connectivity index (χ0) is 22.8. The summed E-state index contributed by atoms with van der Waals surface area (Å²) in [5, 5.41) is 2.95. The lowest BCUT2D eigenvalue weighted by Gasteiger charge is -2.13. The monoisotopic (exact) mass is 459 g/mol. The highest BCUT2D eigenvalue weighted by Crippen LogP contribution is 2.42. The van der Waals surface area contributed by atoms with E-state index in [0.717, 1.165) is 28.8 Å². The maximum atomic E-state index is 13.8. The Morgan fingerprint density at radius 2 is 1.88 bits per heavy atom. The van der Waals surface area contributed by atoms with Crippen molar-refractivity contribution in [3.63, 3.8) is 0 Å². The Kier molecular flexibility index (Phi) is 6.19. The Bertz CT molecular complexity index is 1160. The predicted octanol–water partition coefficient (Wildman–Crippen LogP) is 5.04. The van der Waals surface area contributed by atoms with Gasteiger partial charge in [-0.15, -0.1) is 0 Å². The van der Waals surface area contributed by atoms with Crippen molar-refractivity contribution in [3.8, 4) is 28.4 Å². The topological polar surface area (TPSA) is 56.8 Å². The molecule has 0 aromatic heterocycles. The molecule has 3 aromatic rings. The molecule has 0 saturated heterocycles. The van der Waals surface area contributed by atoms with Crippen molar-refractivity contribution < 1.29 is 27.8 Å². The Morgan fingerprint density at radius 1 is 1.12 bits per heavy atom. The van der Waals surface area contributed by atoms with Gasteiger partial charge in [-0.1, -0.05) is 17.7 Å². The fourth-order valence-corrected chi connectivity index (χ4v) is 3.99. The molecule has 0 bridgehead atoms. The van der Waals surface area contributed by atoms with Crippen LogP contribution in [0.3, 0.4) is 0 Å². The molecule has 32 heavy (non-hydrogen) atoms. The van der Waals surface area contributed by atoms with Crippen LogP contribution < -0.4 is 19.5 Å². The van der Waals surface area contributed by atoms with Gasteiger partial charge in [0.15, 0.2) is 0 Å². The number of amides is 1. The van der Waals surface area contributed by atoms with Crippen LogP contribution in [0.15, 0.2) is 48.5 Å². The Hall–Kier alpha value is -3.32. The van der Waals surface area contributed by atoms with E-state index in [2.05, 4.69) is 5.32 Å². The minimum absolute atomic E-state index is 0.0649. The summed E-state index contributed by atoms with van der Waals surface area (Å²) in [4.78, 5) is 12.3. The third-order valence-corrected chi connectivity index (χ3v) is 5.53. The normalized spacial score (nSPS) is 14.5. The molecular formula is C24H20ClF2NO4. The molecule has 3 aromatic carbocycles. The van der Waals surface area contributed by atoms with Gasteiger partial charge in [-0.25, -0.2) is 8.78 Å². The van der Waals surface area contributed by atoms with E-state index in [1.807, 2.05) is 18.2 Å². The van der Waals surface area contributed by atoms with Crippen molar-refractivity contribution in [1.29, 1.82) is 0 Å². The fraction of sp³-hybridized carbons (Fsp3) is 0.208. The van der Waals surface area contributed by atoms with Gasteiger partial charge in [-0.3, -0.25) is 4.79 Å². The zero-order valence-corrected chi connectivity index (χ0v) is 18.1. The van der Waals surface area contributed by atoms with Crippen molar-refractivity contribution in [1.82, 2.24) is 5.32 Å². The molecule has 5 nitrogen and oxygen atoms in total. The molecule has 0 unspecified atom stereocenters. The van der Waals surface area contributed by atoms with Gasteiger partial charge >= 0.3 is 0 Å². The second-order valence-electron chi connectivity index (χ2n) is 7.26. The van der Waals surface area contributed by atoms with Gasteiger partial charge in [0.05, 0.1) is 25.8 Å². The van der Waals surface area contributed by atoms with E-state index in [4.69, 9.17) is 25.8 Å². The molecule has 1 amide bonds. The highest BCUT2D eigenvalue weighted by molar-refractivity contribution is 6.32. The zero-order valence-electron chi connectivity index (χ0n) is 17.4. The summed E-state index contributed by atoms with van der Waals surface area (Å²) in [6, 6.07) is 12.5. The first-order valence-corrected chi connectivity index (χ1v) is 10.2. The molecule has 1 aliphatic rings. The second kappa shape index (κ2) is 9.04. The van der Waals surface area contributed by atoms with Crippen LogP contribution >= 0.6 is 11.6 Å². The summed E-state index contributed by atoms with van der Waals surface area (Å²) < 4.78 is 44.3. The van der Waals surface area contributed by atoms with E-state index in [1.165, 1.54) is 6.07 Å². The number of rotatable bonds is 6. The highest BCUT2D eigenvalue weighted by Gasteiger charge is 2.28. The minimum Gasteiger partial charge on any atom is -0.497 e. The van der Waals surface area contributed by atoms with E-state index in [-0.39, 0.29) is 6.54 Å². The SMILES string of the molecule is COc1ccc(OC)c(-c2cc(Cl)c3c(c2)C[C@@H](CNC(=O)c2c(F)cccc2F)O3)c1. The van der Waals surface area contributed by atoms with Gasteiger partial charge in [-0.05, 0) is 48.0 Å². The number of halogens is 3. The van der Waals surface area contributed by atoms with Crippen LogP contribution in [0.2, 0.25) is 5.02 Å². The van der Waals surface area contributed by atoms with Crippen LogP contribution in [0, 0.1) is 11.6 Å². The van der Waals surface area contributed by atoms with Crippen molar-refractivity contribution in [2.45, 2.75) is 12.5 Å². The van der Waals surface area contributed by atoms with Crippen LogP contribution in [-0.4, -0.2) is 32.8 Å². The fourth-order valence-electron chi connectivity index (χ4n) is 3.71. The van der Waals surface area contributed by atoms with Crippen LogP contribution in [0.1, 0.15) is 15.9 Å². The van der Waals surface area contributed by atoms with E-state index in [9.17, 15) is 13.6 Å². The van der Waals surface area contributed by atoms with Crippen molar-refractivity contribution >= 4 is 17.5 Å². The van der Waals surface area contributed by atoms with Crippen molar-refractivity contribution in [2.75, 3.05) is 20.8 Å². The Morgan fingerprint density at radius 3 is 2.56 bits per heavy atom. The van der Waals surface area contributed by atoms with Gasteiger partial charge < -0.3 is 19.5 Å². The van der Waals surface area contributed by atoms with Gasteiger partial charge in [0.2, 0.25) is 0 Å². The van der Waals surface area contributed by atoms with Crippen LogP contribution in [0.5, 0.6) is 17.2 Å². The first kappa shape index (κ1) is 21.9. The molecule has 1 aliphatic heterocycles. The molecule has 0 aliphatic carbocycles. The lowest BCUT2D eigenvalue weighted by molar-refractivity contribution is 0.0925. The number of benzene rings is 3. The number of carbonyl (C=O) groups excluding carboxylic acids is 1. The average molecular weight is 460 g/mol. The lowest BCUT2D eigenvalue weighted by Crippen LogP contribution is -2.35. The standard InChI is InChI=1S/C24H20ClF2NO4/c1-30-15-6-7-21(31-2)17(11-15)13-8-14-9-16(32-23(14)18(25)10-13)12-28-24(29)22-19(26)4-3-5-20(22)27/h3-8,10-11,16H,9,12H2,1-2H3,(H,28,29)/t16-/m0/s1. The Labute approximate surface area is 188 Å². The predicted molar refractivity (Wildman–Crippen MR) is 117 cm³/mol. The maximum absolute atomic E-state index is 13.8. The average Bonchev–Trinajstić information content (AvgIpc) is 3.21. The molecule has 4 rings (SSSR count). The summed E-state index contributed by atoms with van der Waals surface area (Å²) in [5.74, 6) is -0.816. The van der Waals surface area contributed by atoms with Crippen LogP contribution in [-0.2, 0) is 6.42 Å². The number of fused-ring (bicyclic) bond motifs is 1. The van der Waals surface area contributed by atoms with E-state index < -0.39 is 29.2 Å². The molecule has 0 saturated carbocycles. The molecule has 1 N–H and O–H groups in total. The second-order valence-corrected chi connectivity index (χ2v) is 7.67. The summed E-state index contributed by atoms with van der Waals surface area (Å²) in [6.45, 7) is 0.0649. The molecule has 166 valence electrons. The van der Waals surface area contributed by atoms with E-state index >= 15 is 0 Å². The van der Waals surface area contributed by atoms with Crippen LogP contribution in [0.25, 0.3) is 11.1 Å². The first-order valence-electron chi connectivity index (χ1n) is 9.85. The Balaban J connectivity index is 1.52. The van der Waals surface area contributed by atoms with Gasteiger partial charge in [0, 0.05) is 17.5 Å². The highest BCUT2D eigenvalue weighted by atomic mass is 35.5. The van der Waals surface area contributed by atoms with Gasteiger partial charge in [0.25, 0.3) is 5.91 Å². The molecule has 0 spiro atoms. The smallest absolute Gasteiger partial charge is 0.257 e. The number of ether oxygens (including phenoxy) is 3. The quantitative estimate of drug-likeness (QED) is 0.561. The summed E-state index contributed by atoms with van der Waals surface area (Å²) in [6.07, 6.45) is 0.0404. The number of hydrogen-bond acceptors (Lipinski definition) is 4. The van der Waals surface area contributed by atoms with Crippen molar-refractivity contribution in [2.24, 2.45) is 0 Å². The molecular weight excluding hydrogens is 440 g/mol. The number of hydrogen-bond donors (Lipinski definition) is 1. The summed E-state index contributed by atoms with van der Waals surface area (Å²) in [5.41, 5.74) is 1.87. The largest absolute Gasteiger partial charge is 0.497 e. The third kappa shape index (κ3) is 4.21. The maximum Gasteiger partial charge on any atom is 0.257 e. The molecule has 0 fully saturated rings. The van der Waals surface area contributed by atoms with Crippen molar-refractivity contribution in [3.05, 3.63) is 76.3 Å². The molecule has 1 heterocycles.